The van der Waals surface area contributed by atoms with Crippen molar-refractivity contribution in [2.45, 2.75) is 44.3 Å². The van der Waals surface area contributed by atoms with E-state index in [0.717, 1.165) is 34.4 Å². The van der Waals surface area contributed by atoms with Crippen molar-refractivity contribution >= 4 is 11.8 Å². The highest BCUT2D eigenvalue weighted by atomic mass is 32.2. The molecule has 1 heterocycles. The van der Waals surface area contributed by atoms with Crippen molar-refractivity contribution in [1.82, 2.24) is 14.8 Å². The van der Waals surface area contributed by atoms with Crippen LogP contribution in [0.25, 0.3) is 0 Å². The maximum atomic E-state index is 13.3. The van der Waals surface area contributed by atoms with Crippen LogP contribution in [-0.4, -0.2) is 14.8 Å². The average molecular weight is 371 g/mol. The predicted molar refractivity (Wildman–Crippen MR) is 102 cm³/mol. The smallest absolute Gasteiger partial charge is 0.191 e. The van der Waals surface area contributed by atoms with E-state index in [0.29, 0.717) is 5.75 Å². The van der Waals surface area contributed by atoms with E-state index in [-0.39, 0.29) is 11.9 Å². The highest BCUT2D eigenvalue weighted by Crippen LogP contribution is 2.27. The topological polar surface area (TPSA) is 39.9 Å². The zero-order valence-electron chi connectivity index (χ0n) is 15.1. The minimum atomic E-state index is -0.221. The molecule has 0 amide bonds. The van der Waals surface area contributed by atoms with Crippen LogP contribution in [0.5, 0.6) is 5.75 Å². The van der Waals surface area contributed by atoms with Crippen LogP contribution in [0.2, 0.25) is 0 Å². The number of halogens is 1. The number of nitrogens with zero attached hydrogens (tertiary/aromatic N) is 3. The van der Waals surface area contributed by atoms with Gasteiger partial charge in [-0.1, -0.05) is 42.1 Å². The van der Waals surface area contributed by atoms with E-state index in [1.807, 2.05) is 48.7 Å². The molecule has 0 saturated carbocycles. The van der Waals surface area contributed by atoms with Crippen LogP contribution in [0, 0.1) is 12.7 Å². The molecule has 6 heteroatoms. The molecule has 1 aromatic heterocycles. The molecule has 0 saturated heterocycles. The third kappa shape index (κ3) is 4.25. The van der Waals surface area contributed by atoms with Gasteiger partial charge in [-0.05, 0) is 50.1 Å². The highest BCUT2D eigenvalue weighted by molar-refractivity contribution is 7.98. The van der Waals surface area contributed by atoms with Crippen molar-refractivity contribution in [2.24, 2.45) is 0 Å². The van der Waals surface area contributed by atoms with Crippen molar-refractivity contribution < 1.29 is 9.13 Å². The molecule has 0 radical (unpaired) electrons. The van der Waals surface area contributed by atoms with Gasteiger partial charge in [-0.2, -0.15) is 0 Å². The molecule has 0 bridgehead atoms. The van der Waals surface area contributed by atoms with E-state index in [4.69, 9.17) is 4.74 Å². The van der Waals surface area contributed by atoms with Crippen molar-refractivity contribution in [3.8, 4) is 5.75 Å². The first-order valence-electron chi connectivity index (χ1n) is 8.61. The summed E-state index contributed by atoms with van der Waals surface area (Å²) in [5, 5.41) is 9.46. The summed E-state index contributed by atoms with van der Waals surface area (Å²) in [6.45, 7) is 6.80. The van der Waals surface area contributed by atoms with E-state index in [9.17, 15) is 4.39 Å². The molecule has 0 spiro atoms. The molecule has 0 fully saturated rings. The van der Waals surface area contributed by atoms with E-state index < -0.39 is 0 Å². The van der Waals surface area contributed by atoms with Gasteiger partial charge in [0.25, 0.3) is 0 Å². The molecule has 0 aliphatic heterocycles. The Balaban J connectivity index is 1.74. The lowest BCUT2D eigenvalue weighted by Gasteiger charge is -2.17. The molecule has 2 aromatic carbocycles. The predicted octanol–water partition coefficient (Wildman–Crippen LogP) is 5.18. The first kappa shape index (κ1) is 18.5. The van der Waals surface area contributed by atoms with Crippen LogP contribution in [0.1, 0.15) is 36.9 Å². The summed E-state index contributed by atoms with van der Waals surface area (Å²) in [5.74, 6) is 2.06. The van der Waals surface area contributed by atoms with E-state index >= 15 is 0 Å². The Labute approximate surface area is 157 Å². The first-order chi connectivity index (χ1) is 12.6. The second-order valence-corrected chi connectivity index (χ2v) is 6.97. The number of benzene rings is 2. The van der Waals surface area contributed by atoms with Crippen LogP contribution in [0.3, 0.4) is 0 Å². The van der Waals surface area contributed by atoms with Crippen molar-refractivity contribution in [3.63, 3.8) is 0 Å². The normalized spacial score (nSPS) is 12.2. The Morgan fingerprint density at radius 2 is 1.96 bits per heavy atom. The fourth-order valence-electron chi connectivity index (χ4n) is 2.71. The third-order valence-electron chi connectivity index (χ3n) is 4.08. The maximum Gasteiger partial charge on any atom is 0.191 e. The Morgan fingerprint density at radius 1 is 1.15 bits per heavy atom. The molecule has 3 rings (SSSR count). The quantitative estimate of drug-likeness (QED) is 0.537. The summed E-state index contributed by atoms with van der Waals surface area (Å²) in [6, 6.07) is 14.6. The molecule has 3 aromatic rings. The summed E-state index contributed by atoms with van der Waals surface area (Å²) in [7, 11) is 0. The molecule has 0 aliphatic rings. The number of ether oxygens (including phenoxy) is 1. The lowest BCUT2D eigenvalue weighted by atomic mass is 10.2. The molecular weight excluding hydrogens is 349 g/mol. The van der Waals surface area contributed by atoms with Gasteiger partial charge in [-0.15, -0.1) is 10.2 Å². The molecule has 4 nitrogen and oxygen atoms in total. The summed E-state index contributed by atoms with van der Waals surface area (Å²) < 4.78 is 21.5. The molecule has 136 valence electrons. The van der Waals surface area contributed by atoms with Crippen LogP contribution in [0.15, 0.2) is 53.7 Å². The van der Waals surface area contributed by atoms with E-state index in [1.165, 1.54) is 6.07 Å². The summed E-state index contributed by atoms with van der Waals surface area (Å²) >= 11 is 1.55. The van der Waals surface area contributed by atoms with E-state index in [1.54, 1.807) is 23.9 Å². The number of hydrogen-bond acceptors (Lipinski definition) is 4. The fraction of sp³-hybridized carbons (Fsp3) is 0.300. The SMILES string of the molecule is CCn1c(SCc2cccc(F)c2)nnc1C(C)Oc1ccccc1C. The standard InChI is InChI=1S/C20H22FN3OS/c1-4-24-19(15(3)25-18-11-6-5-8-14(18)2)22-23-20(24)26-13-16-9-7-10-17(21)12-16/h5-12,15H,4,13H2,1-3H3. The molecule has 1 atom stereocenters. The van der Waals surface area contributed by atoms with Gasteiger partial charge in [0, 0.05) is 12.3 Å². The lowest BCUT2D eigenvalue weighted by Crippen LogP contribution is -2.12. The van der Waals surface area contributed by atoms with Crippen LogP contribution >= 0.6 is 11.8 Å². The van der Waals surface area contributed by atoms with Crippen molar-refractivity contribution in [1.29, 1.82) is 0 Å². The van der Waals surface area contributed by atoms with Gasteiger partial charge in [-0.3, -0.25) is 0 Å². The van der Waals surface area contributed by atoms with Gasteiger partial charge in [0.15, 0.2) is 17.1 Å². The summed E-state index contributed by atoms with van der Waals surface area (Å²) in [4.78, 5) is 0. The third-order valence-corrected chi connectivity index (χ3v) is 5.12. The molecule has 1 unspecified atom stereocenters. The molecule has 0 aliphatic carbocycles. The van der Waals surface area contributed by atoms with Gasteiger partial charge in [0.05, 0.1) is 0 Å². The fourth-order valence-corrected chi connectivity index (χ4v) is 3.66. The van der Waals surface area contributed by atoms with Gasteiger partial charge < -0.3 is 9.30 Å². The summed E-state index contributed by atoms with van der Waals surface area (Å²) in [6.07, 6.45) is -0.216. The number of thioether (sulfide) groups is 1. The minimum Gasteiger partial charge on any atom is -0.482 e. The number of hydrogen-bond donors (Lipinski definition) is 0. The summed E-state index contributed by atoms with van der Waals surface area (Å²) in [5.41, 5.74) is 2.01. The van der Waals surface area contributed by atoms with Gasteiger partial charge in [0.1, 0.15) is 11.6 Å². The number of rotatable bonds is 7. The largest absolute Gasteiger partial charge is 0.482 e. The molecular formula is C20H22FN3OS. The van der Waals surface area contributed by atoms with Crippen molar-refractivity contribution in [3.05, 3.63) is 71.3 Å². The highest BCUT2D eigenvalue weighted by Gasteiger charge is 2.19. The zero-order valence-corrected chi connectivity index (χ0v) is 16.0. The molecule has 0 N–H and O–H groups in total. The minimum absolute atomic E-state index is 0.216. The number of para-hydroxylation sites is 1. The lowest BCUT2D eigenvalue weighted by molar-refractivity contribution is 0.208. The Bertz CT molecular complexity index is 881. The van der Waals surface area contributed by atoms with Gasteiger partial charge >= 0.3 is 0 Å². The van der Waals surface area contributed by atoms with E-state index in [2.05, 4.69) is 17.1 Å². The van der Waals surface area contributed by atoms with Gasteiger partial charge in [0.2, 0.25) is 0 Å². The van der Waals surface area contributed by atoms with Gasteiger partial charge in [-0.25, -0.2) is 4.39 Å². The number of aromatic nitrogens is 3. The van der Waals surface area contributed by atoms with Crippen LogP contribution in [-0.2, 0) is 12.3 Å². The Morgan fingerprint density at radius 3 is 2.69 bits per heavy atom. The second-order valence-electron chi connectivity index (χ2n) is 6.03. The monoisotopic (exact) mass is 371 g/mol. The first-order valence-corrected chi connectivity index (χ1v) is 9.59. The molecule has 26 heavy (non-hydrogen) atoms. The zero-order chi connectivity index (χ0) is 18.5. The average Bonchev–Trinajstić information content (AvgIpc) is 3.05. The van der Waals surface area contributed by atoms with Crippen LogP contribution < -0.4 is 4.74 Å². The van der Waals surface area contributed by atoms with Crippen molar-refractivity contribution in [2.75, 3.05) is 0 Å². The number of aryl methyl sites for hydroxylation is 1. The maximum absolute atomic E-state index is 13.3. The Kier molecular flexibility index (Phi) is 5.93. The second kappa shape index (κ2) is 8.36. The van der Waals surface area contributed by atoms with Crippen LogP contribution in [0.4, 0.5) is 4.39 Å². The Hall–Kier alpha value is -2.34.